The average molecular weight is 231 g/mol. The Bertz CT molecular complexity index is 319. The number of halogens is 2. The van der Waals surface area contributed by atoms with E-state index in [0.717, 1.165) is 35.6 Å². The van der Waals surface area contributed by atoms with E-state index < -0.39 is 0 Å². The van der Waals surface area contributed by atoms with Crippen LogP contribution in [0.2, 0.25) is 5.02 Å². The maximum Gasteiger partial charge on any atom is 0.0829 e. The molecular weight excluding hydrogens is 219 g/mol. The second-order valence-electron chi connectivity index (χ2n) is 3.48. The maximum absolute atomic E-state index is 5.95. The molecule has 76 valence electrons. The molecule has 0 spiro atoms. The van der Waals surface area contributed by atoms with E-state index in [0.29, 0.717) is 5.88 Å². The number of hydrogen-bond donors (Lipinski definition) is 0. The van der Waals surface area contributed by atoms with Gasteiger partial charge in [0.25, 0.3) is 0 Å². The predicted octanol–water partition coefficient (Wildman–Crippen LogP) is 3.93. The van der Waals surface area contributed by atoms with Crippen molar-refractivity contribution in [2.45, 2.75) is 24.8 Å². The lowest BCUT2D eigenvalue weighted by atomic mass is 10.0. The highest BCUT2D eigenvalue weighted by Gasteiger charge is 2.20. The van der Waals surface area contributed by atoms with Crippen LogP contribution in [-0.4, -0.2) is 6.61 Å². The van der Waals surface area contributed by atoms with Crippen molar-refractivity contribution in [3.05, 3.63) is 34.3 Å². The van der Waals surface area contributed by atoms with Gasteiger partial charge >= 0.3 is 0 Å². The van der Waals surface area contributed by atoms with Crippen molar-refractivity contribution in [3.63, 3.8) is 0 Å². The largest absolute Gasteiger partial charge is 0.374 e. The van der Waals surface area contributed by atoms with Gasteiger partial charge < -0.3 is 4.74 Å². The first-order valence-electron chi connectivity index (χ1n) is 4.77. The first-order valence-corrected chi connectivity index (χ1v) is 5.68. The average Bonchev–Trinajstić information content (AvgIpc) is 2.70. The van der Waals surface area contributed by atoms with Gasteiger partial charge in [-0.3, -0.25) is 0 Å². The Balaban J connectivity index is 2.33. The van der Waals surface area contributed by atoms with Crippen molar-refractivity contribution in [1.82, 2.24) is 0 Å². The predicted molar refractivity (Wildman–Crippen MR) is 58.9 cm³/mol. The minimum Gasteiger partial charge on any atom is -0.374 e. The monoisotopic (exact) mass is 230 g/mol. The molecule has 1 aliphatic rings. The highest BCUT2D eigenvalue weighted by atomic mass is 35.5. The molecule has 2 rings (SSSR count). The van der Waals surface area contributed by atoms with Crippen LogP contribution in [0.25, 0.3) is 0 Å². The molecule has 1 saturated heterocycles. The fourth-order valence-corrected chi connectivity index (χ4v) is 2.23. The number of alkyl halides is 1. The van der Waals surface area contributed by atoms with Crippen LogP contribution in [0, 0.1) is 0 Å². The lowest BCUT2D eigenvalue weighted by Gasteiger charge is -2.13. The summed E-state index contributed by atoms with van der Waals surface area (Å²) < 4.78 is 5.62. The molecule has 1 nitrogen and oxygen atoms in total. The molecule has 3 heteroatoms. The van der Waals surface area contributed by atoms with Gasteiger partial charge in [-0.25, -0.2) is 0 Å². The molecular formula is C11H12Cl2O. The Labute approximate surface area is 94.0 Å². The molecule has 0 N–H and O–H groups in total. The summed E-state index contributed by atoms with van der Waals surface area (Å²) in [5.41, 5.74) is 2.29. The summed E-state index contributed by atoms with van der Waals surface area (Å²) in [6.45, 7) is 0.846. The van der Waals surface area contributed by atoms with Crippen LogP contribution in [0.15, 0.2) is 18.2 Å². The molecule has 0 amide bonds. The Hall–Kier alpha value is -0.240. The third-order valence-corrected chi connectivity index (χ3v) is 3.05. The number of rotatable bonds is 2. The van der Waals surface area contributed by atoms with E-state index in [9.17, 15) is 0 Å². The number of ether oxygens (including phenoxy) is 1. The summed E-state index contributed by atoms with van der Waals surface area (Å²) in [6, 6.07) is 5.82. The first-order chi connectivity index (χ1) is 6.81. The zero-order valence-corrected chi connectivity index (χ0v) is 9.31. The molecule has 1 fully saturated rings. The highest BCUT2D eigenvalue weighted by molar-refractivity contribution is 6.30. The first kappa shape index (κ1) is 10.3. The molecule has 1 aromatic carbocycles. The van der Waals surface area contributed by atoms with Gasteiger partial charge in [-0.2, -0.15) is 0 Å². The van der Waals surface area contributed by atoms with Crippen LogP contribution < -0.4 is 0 Å². The molecule has 1 atom stereocenters. The molecule has 1 heterocycles. The molecule has 0 radical (unpaired) electrons. The Kier molecular flexibility index (Phi) is 3.32. The molecule has 0 aliphatic carbocycles. The minimum absolute atomic E-state index is 0.197. The lowest BCUT2D eigenvalue weighted by Crippen LogP contribution is -1.99. The normalized spacial score (nSPS) is 21.4. The molecule has 1 aromatic rings. The third-order valence-electron chi connectivity index (χ3n) is 2.53. The second-order valence-corrected chi connectivity index (χ2v) is 4.18. The molecule has 0 saturated carbocycles. The van der Waals surface area contributed by atoms with Gasteiger partial charge in [-0.15, -0.1) is 11.6 Å². The van der Waals surface area contributed by atoms with Gasteiger partial charge in [-0.1, -0.05) is 17.7 Å². The minimum atomic E-state index is 0.197. The van der Waals surface area contributed by atoms with Gasteiger partial charge in [0.2, 0.25) is 0 Å². The van der Waals surface area contributed by atoms with E-state index >= 15 is 0 Å². The molecule has 1 unspecified atom stereocenters. The van der Waals surface area contributed by atoms with Crippen molar-refractivity contribution < 1.29 is 4.74 Å². The number of hydrogen-bond acceptors (Lipinski definition) is 1. The Morgan fingerprint density at radius 3 is 2.93 bits per heavy atom. The van der Waals surface area contributed by atoms with Gasteiger partial charge in [0.1, 0.15) is 0 Å². The number of benzene rings is 1. The SMILES string of the molecule is ClCc1ccc(Cl)cc1C1CCCO1. The van der Waals surface area contributed by atoms with Gasteiger partial charge in [0.15, 0.2) is 0 Å². The van der Waals surface area contributed by atoms with E-state index in [4.69, 9.17) is 27.9 Å². The summed E-state index contributed by atoms with van der Waals surface area (Å²) in [4.78, 5) is 0. The standard InChI is InChI=1S/C11H12Cl2O/c12-7-8-3-4-9(13)6-10(8)11-2-1-5-14-11/h3-4,6,11H,1-2,5,7H2. The van der Waals surface area contributed by atoms with Gasteiger partial charge in [-0.05, 0) is 36.1 Å². The van der Waals surface area contributed by atoms with E-state index in [1.807, 2.05) is 18.2 Å². The van der Waals surface area contributed by atoms with Crippen molar-refractivity contribution in [1.29, 1.82) is 0 Å². The Morgan fingerprint density at radius 2 is 2.29 bits per heavy atom. The van der Waals surface area contributed by atoms with E-state index in [1.54, 1.807) is 0 Å². The summed E-state index contributed by atoms with van der Waals surface area (Å²) in [6.07, 6.45) is 2.39. The second kappa shape index (κ2) is 4.52. The van der Waals surface area contributed by atoms with Crippen molar-refractivity contribution in [2.24, 2.45) is 0 Å². The van der Waals surface area contributed by atoms with Crippen LogP contribution in [-0.2, 0) is 10.6 Å². The van der Waals surface area contributed by atoms with E-state index in [-0.39, 0.29) is 6.10 Å². The lowest BCUT2D eigenvalue weighted by molar-refractivity contribution is 0.111. The van der Waals surface area contributed by atoms with Crippen LogP contribution in [0.3, 0.4) is 0 Å². The summed E-state index contributed by atoms with van der Waals surface area (Å²) in [5.74, 6) is 0.520. The topological polar surface area (TPSA) is 9.23 Å². The fraction of sp³-hybridized carbons (Fsp3) is 0.455. The summed E-state index contributed by atoms with van der Waals surface area (Å²) >= 11 is 11.8. The quantitative estimate of drug-likeness (QED) is 0.700. The molecule has 14 heavy (non-hydrogen) atoms. The summed E-state index contributed by atoms with van der Waals surface area (Å²) in [5, 5.41) is 0.754. The third kappa shape index (κ3) is 2.05. The van der Waals surface area contributed by atoms with Crippen LogP contribution in [0.5, 0.6) is 0 Å². The molecule has 0 aromatic heterocycles. The zero-order valence-electron chi connectivity index (χ0n) is 7.80. The zero-order chi connectivity index (χ0) is 9.97. The fourth-order valence-electron chi connectivity index (χ4n) is 1.81. The van der Waals surface area contributed by atoms with E-state index in [2.05, 4.69) is 0 Å². The molecule has 0 bridgehead atoms. The van der Waals surface area contributed by atoms with Gasteiger partial charge in [0, 0.05) is 17.5 Å². The van der Waals surface area contributed by atoms with Crippen LogP contribution in [0.4, 0.5) is 0 Å². The Morgan fingerprint density at radius 1 is 1.43 bits per heavy atom. The van der Waals surface area contributed by atoms with Gasteiger partial charge in [0.05, 0.1) is 6.10 Å². The van der Waals surface area contributed by atoms with Crippen LogP contribution >= 0.6 is 23.2 Å². The van der Waals surface area contributed by atoms with E-state index in [1.165, 1.54) is 0 Å². The molecule has 1 aliphatic heterocycles. The highest BCUT2D eigenvalue weighted by Crippen LogP contribution is 2.33. The van der Waals surface area contributed by atoms with Crippen molar-refractivity contribution in [3.8, 4) is 0 Å². The van der Waals surface area contributed by atoms with Crippen molar-refractivity contribution >= 4 is 23.2 Å². The smallest absolute Gasteiger partial charge is 0.0829 e. The summed E-state index contributed by atoms with van der Waals surface area (Å²) in [7, 11) is 0. The maximum atomic E-state index is 5.95. The van der Waals surface area contributed by atoms with Crippen molar-refractivity contribution in [2.75, 3.05) is 6.61 Å². The van der Waals surface area contributed by atoms with Crippen LogP contribution in [0.1, 0.15) is 30.1 Å².